The molecule has 6 rings (SSSR count). The summed E-state index contributed by atoms with van der Waals surface area (Å²) in [5.74, 6) is 0.732. The van der Waals surface area contributed by atoms with Gasteiger partial charge >= 0.3 is 0 Å². The molecule has 0 saturated heterocycles. The van der Waals surface area contributed by atoms with Crippen LogP contribution in [0, 0.1) is 6.92 Å². The number of fused-ring (bicyclic) bond motifs is 1. The second-order valence-corrected chi connectivity index (χ2v) is 9.83. The van der Waals surface area contributed by atoms with E-state index in [0.29, 0.717) is 18.7 Å². The van der Waals surface area contributed by atoms with Gasteiger partial charge < -0.3 is 9.64 Å². The van der Waals surface area contributed by atoms with Crippen LogP contribution in [0.15, 0.2) is 133 Å². The third kappa shape index (κ3) is 5.01. The summed E-state index contributed by atoms with van der Waals surface area (Å²) in [6.07, 6.45) is -0.415. The molecule has 0 bridgehead atoms. The van der Waals surface area contributed by atoms with Crippen molar-refractivity contribution in [2.75, 3.05) is 9.80 Å². The van der Waals surface area contributed by atoms with Crippen LogP contribution < -0.4 is 14.5 Å². The monoisotopic (exact) mass is 510 g/mol. The van der Waals surface area contributed by atoms with Gasteiger partial charge in [0, 0.05) is 17.8 Å². The molecule has 0 unspecified atom stereocenters. The van der Waals surface area contributed by atoms with Gasteiger partial charge in [0.15, 0.2) is 0 Å². The van der Waals surface area contributed by atoms with Crippen LogP contribution in [0.3, 0.4) is 0 Å². The lowest BCUT2D eigenvalue weighted by Gasteiger charge is -2.46. The van der Waals surface area contributed by atoms with Crippen molar-refractivity contribution >= 4 is 17.3 Å². The summed E-state index contributed by atoms with van der Waals surface area (Å²) >= 11 is 0. The first-order valence-corrected chi connectivity index (χ1v) is 13.2. The molecule has 0 aliphatic carbocycles. The molecule has 1 atom stereocenters. The molecule has 0 spiro atoms. The average Bonchev–Trinajstić information content (AvgIpc) is 2.99. The van der Waals surface area contributed by atoms with Crippen LogP contribution in [0.4, 0.5) is 11.4 Å². The summed E-state index contributed by atoms with van der Waals surface area (Å²) in [5, 5.41) is 0. The molecular weight excluding hydrogens is 480 g/mol. The Bertz CT molecular complexity index is 1570. The minimum absolute atomic E-state index is 0.0263. The van der Waals surface area contributed by atoms with Crippen LogP contribution in [0.1, 0.15) is 38.8 Å². The van der Waals surface area contributed by atoms with Crippen LogP contribution >= 0.6 is 0 Å². The van der Waals surface area contributed by atoms with Gasteiger partial charge in [0.25, 0.3) is 5.91 Å². The Labute approximate surface area is 229 Å². The number of para-hydroxylation sites is 2. The number of hydrogen-bond donors (Lipinski definition) is 0. The smallest absolute Gasteiger partial charge is 0.262 e. The Morgan fingerprint density at radius 3 is 2.03 bits per heavy atom. The first-order chi connectivity index (χ1) is 19.2. The normalized spacial score (nSPS) is 14.7. The summed E-state index contributed by atoms with van der Waals surface area (Å²) < 4.78 is 6.44. The van der Waals surface area contributed by atoms with E-state index in [1.165, 1.54) is 0 Å². The number of carbonyl (C=O) groups excluding carboxylic acids is 1. The molecule has 0 N–H and O–H groups in total. The molecule has 4 nitrogen and oxygen atoms in total. The fourth-order valence-corrected chi connectivity index (χ4v) is 5.20. The Morgan fingerprint density at radius 1 is 0.667 bits per heavy atom. The molecule has 0 radical (unpaired) electrons. The summed E-state index contributed by atoms with van der Waals surface area (Å²) in [7, 11) is 0. The van der Waals surface area contributed by atoms with Gasteiger partial charge in [0.2, 0.25) is 0 Å². The van der Waals surface area contributed by atoms with E-state index in [-0.39, 0.29) is 5.91 Å². The molecule has 4 heteroatoms. The van der Waals surface area contributed by atoms with Crippen molar-refractivity contribution < 1.29 is 9.53 Å². The van der Waals surface area contributed by atoms with E-state index < -0.39 is 6.17 Å². The molecular formula is C35H30N2O2. The van der Waals surface area contributed by atoms with Crippen molar-refractivity contribution in [2.24, 2.45) is 0 Å². The van der Waals surface area contributed by atoms with E-state index in [0.717, 1.165) is 39.4 Å². The number of nitrogens with zero attached hydrogens (tertiary/aromatic N) is 2. The Morgan fingerprint density at radius 2 is 1.28 bits per heavy atom. The molecule has 5 aromatic rings. The highest BCUT2D eigenvalue weighted by atomic mass is 16.5. The third-order valence-electron chi connectivity index (χ3n) is 7.14. The molecule has 0 saturated carbocycles. The van der Waals surface area contributed by atoms with E-state index >= 15 is 0 Å². The highest BCUT2D eigenvalue weighted by molar-refractivity contribution is 6.12. The van der Waals surface area contributed by atoms with Crippen molar-refractivity contribution in [3.8, 4) is 5.75 Å². The zero-order valence-corrected chi connectivity index (χ0v) is 21.9. The molecule has 0 aromatic heterocycles. The molecule has 5 aromatic carbocycles. The zero-order chi connectivity index (χ0) is 26.6. The standard InChI is InChI=1S/C35H30N2O2/c1-26-20-22-29(23-21-26)37-34(31-17-9-11-19-33(31)39-25-28-14-6-3-7-15-28)36(24-27-12-4-2-5-13-27)32-18-10-8-16-30(32)35(37)38/h2-23,34H,24-25H2,1H3/t34-/m0/s1. The summed E-state index contributed by atoms with van der Waals surface area (Å²) in [4.78, 5) is 18.5. The summed E-state index contributed by atoms with van der Waals surface area (Å²) in [6.45, 7) is 3.13. The highest BCUT2D eigenvalue weighted by Gasteiger charge is 2.40. The van der Waals surface area contributed by atoms with Gasteiger partial charge in [0.1, 0.15) is 18.5 Å². The van der Waals surface area contributed by atoms with E-state index in [9.17, 15) is 4.79 Å². The second-order valence-electron chi connectivity index (χ2n) is 9.83. The van der Waals surface area contributed by atoms with Crippen LogP contribution in [0.2, 0.25) is 0 Å². The van der Waals surface area contributed by atoms with Gasteiger partial charge in [-0.15, -0.1) is 0 Å². The first kappa shape index (κ1) is 24.5. The zero-order valence-electron chi connectivity index (χ0n) is 21.9. The fraction of sp³-hybridized carbons (Fsp3) is 0.114. The maximum atomic E-state index is 14.2. The third-order valence-corrected chi connectivity index (χ3v) is 7.14. The average molecular weight is 511 g/mol. The number of rotatable bonds is 7. The van der Waals surface area contributed by atoms with Gasteiger partial charge in [-0.1, -0.05) is 109 Å². The maximum Gasteiger partial charge on any atom is 0.262 e. The van der Waals surface area contributed by atoms with Gasteiger partial charge in [-0.05, 0) is 48.4 Å². The molecule has 1 aliphatic heterocycles. The second kappa shape index (κ2) is 10.9. The van der Waals surface area contributed by atoms with Crippen LogP contribution in [0.5, 0.6) is 5.75 Å². The molecule has 1 aliphatic rings. The lowest BCUT2D eigenvalue weighted by molar-refractivity contribution is 0.0967. The lowest BCUT2D eigenvalue weighted by Crippen LogP contribution is -2.49. The van der Waals surface area contributed by atoms with Crippen molar-refractivity contribution in [1.29, 1.82) is 0 Å². The first-order valence-electron chi connectivity index (χ1n) is 13.2. The maximum absolute atomic E-state index is 14.2. The highest BCUT2D eigenvalue weighted by Crippen LogP contribution is 2.44. The Balaban J connectivity index is 1.51. The van der Waals surface area contributed by atoms with Crippen molar-refractivity contribution in [3.63, 3.8) is 0 Å². The van der Waals surface area contributed by atoms with E-state index in [2.05, 4.69) is 66.4 Å². The molecule has 1 heterocycles. The largest absolute Gasteiger partial charge is 0.488 e. The van der Waals surface area contributed by atoms with Gasteiger partial charge in [0.05, 0.1) is 11.3 Å². The van der Waals surface area contributed by atoms with E-state index in [1.807, 2.05) is 83.8 Å². The van der Waals surface area contributed by atoms with Gasteiger partial charge in [-0.2, -0.15) is 0 Å². The minimum Gasteiger partial charge on any atom is -0.488 e. The molecule has 39 heavy (non-hydrogen) atoms. The Kier molecular flexibility index (Phi) is 6.84. The van der Waals surface area contributed by atoms with Crippen LogP contribution in [-0.2, 0) is 13.2 Å². The topological polar surface area (TPSA) is 32.8 Å². The number of ether oxygens (including phenoxy) is 1. The predicted octanol–water partition coefficient (Wildman–Crippen LogP) is 7.94. The van der Waals surface area contributed by atoms with Crippen molar-refractivity contribution in [1.82, 2.24) is 0 Å². The predicted molar refractivity (Wildman–Crippen MR) is 157 cm³/mol. The van der Waals surface area contributed by atoms with Crippen LogP contribution in [0.25, 0.3) is 0 Å². The summed E-state index contributed by atoms with van der Waals surface area (Å²) in [6, 6.07) is 44.7. The van der Waals surface area contributed by atoms with Gasteiger partial charge in [-0.25, -0.2) is 0 Å². The van der Waals surface area contributed by atoms with Crippen LogP contribution in [-0.4, -0.2) is 5.91 Å². The minimum atomic E-state index is -0.415. The quantitative estimate of drug-likeness (QED) is 0.223. The van der Waals surface area contributed by atoms with E-state index in [1.54, 1.807) is 0 Å². The summed E-state index contributed by atoms with van der Waals surface area (Å²) in [5.41, 5.74) is 6.79. The number of hydrogen-bond acceptors (Lipinski definition) is 3. The number of amides is 1. The number of carbonyl (C=O) groups is 1. The van der Waals surface area contributed by atoms with E-state index in [4.69, 9.17) is 4.74 Å². The van der Waals surface area contributed by atoms with Crippen molar-refractivity contribution in [2.45, 2.75) is 26.2 Å². The number of benzene rings is 5. The molecule has 1 amide bonds. The van der Waals surface area contributed by atoms with Gasteiger partial charge in [-0.3, -0.25) is 9.69 Å². The Hall–Kier alpha value is -4.83. The molecule has 192 valence electrons. The lowest BCUT2D eigenvalue weighted by atomic mass is 9.98. The fourth-order valence-electron chi connectivity index (χ4n) is 5.20. The molecule has 0 fully saturated rings. The SMILES string of the molecule is Cc1ccc(N2C(=O)c3ccccc3N(Cc3ccccc3)[C@@H]2c2ccccc2OCc2ccccc2)cc1. The number of anilines is 2. The van der Waals surface area contributed by atoms with Crippen molar-refractivity contribution in [3.05, 3.63) is 161 Å². The number of aryl methyl sites for hydroxylation is 1.